The number of amides is 1. The third-order valence-corrected chi connectivity index (χ3v) is 2.38. The van der Waals surface area contributed by atoms with E-state index in [1.54, 1.807) is 5.51 Å². The average molecular weight is 199 g/mol. The fourth-order valence-electron chi connectivity index (χ4n) is 0.911. The van der Waals surface area contributed by atoms with Crippen molar-refractivity contribution in [1.29, 1.82) is 0 Å². The van der Waals surface area contributed by atoms with Crippen LogP contribution in [0.2, 0.25) is 0 Å². The van der Waals surface area contributed by atoms with Gasteiger partial charge in [0.05, 0.1) is 5.51 Å². The van der Waals surface area contributed by atoms with Crippen LogP contribution in [0.3, 0.4) is 0 Å². The van der Waals surface area contributed by atoms with Crippen molar-refractivity contribution in [3.05, 3.63) is 16.1 Å². The monoisotopic (exact) mass is 199 g/mol. The molecule has 0 radical (unpaired) electrons. The van der Waals surface area contributed by atoms with Gasteiger partial charge in [-0.3, -0.25) is 4.79 Å². The van der Waals surface area contributed by atoms with Crippen LogP contribution in [0.1, 0.15) is 21.8 Å². The number of hydrogen-bond acceptors (Lipinski definition) is 4. The molecule has 13 heavy (non-hydrogen) atoms. The van der Waals surface area contributed by atoms with Crippen LogP contribution in [0.15, 0.2) is 5.51 Å². The summed E-state index contributed by atoms with van der Waals surface area (Å²) in [5, 5.41) is 2.75. The van der Waals surface area contributed by atoms with E-state index in [0.29, 0.717) is 18.8 Å². The molecule has 0 aromatic carbocycles. The van der Waals surface area contributed by atoms with E-state index in [9.17, 15) is 4.79 Å². The molecule has 1 amide bonds. The minimum absolute atomic E-state index is 0.104. The first-order valence-corrected chi connectivity index (χ1v) is 5.02. The molecule has 1 aromatic heterocycles. The van der Waals surface area contributed by atoms with Gasteiger partial charge in [-0.05, 0) is 19.9 Å². The number of aromatic nitrogens is 1. The molecule has 0 saturated carbocycles. The quantitative estimate of drug-likeness (QED) is 0.695. The van der Waals surface area contributed by atoms with Gasteiger partial charge in [-0.15, -0.1) is 11.3 Å². The van der Waals surface area contributed by atoms with Gasteiger partial charge in [0.15, 0.2) is 0 Å². The molecule has 0 aliphatic heterocycles. The van der Waals surface area contributed by atoms with Crippen molar-refractivity contribution in [2.24, 2.45) is 5.73 Å². The Balaban J connectivity index is 2.45. The number of nitrogens with one attached hydrogen (secondary N) is 1. The van der Waals surface area contributed by atoms with E-state index in [0.717, 1.165) is 11.3 Å². The molecular formula is C8H13N3OS. The second-order valence-corrected chi connectivity index (χ2v) is 3.71. The Morgan fingerprint density at radius 2 is 2.54 bits per heavy atom. The minimum atomic E-state index is -0.104. The molecule has 72 valence electrons. The highest BCUT2D eigenvalue weighted by molar-refractivity contribution is 7.09. The van der Waals surface area contributed by atoms with Crippen LogP contribution in [0.25, 0.3) is 0 Å². The zero-order valence-corrected chi connectivity index (χ0v) is 8.36. The Kier molecular flexibility index (Phi) is 3.85. The molecule has 3 N–H and O–H groups in total. The SMILES string of the molecule is Cc1scnc1C(=O)NCCCN. The van der Waals surface area contributed by atoms with E-state index in [4.69, 9.17) is 5.73 Å². The lowest BCUT2D eigenvalue weighted by atomic mass is 10.3. The molecule has 0 saturated heterocycles. The van der Waals surface area contributed by atoms with Gasteiger partial charge in [0, 0.05) is 11.4 Å². The van der Waals surface area contributed by atoms with Crippen molar-refractivity contribution >= 4 is 17.2 Å². The van der Waals surface area contributed by atoms with Crippen LogP contribution in [0, 0.1) is 6.92 Å². The largest absolute Gasteiger partial charge is 0.351 e. The van der Waals surface area contributed by atoms with Crippen LogP contribution in [0.5, 0.6) is 0 Å². The summed E-state index contributed by atoms with van der Waals surface area (Å²) in [5.74, 6) is -0.104. The van der Waals surface area contributed by atoms with E-state index in [1.807, 2.05) is 6.92 Å². The summed E-state index contributed by atoms with van der Waals surface area (Å²) in [7, 11) is 0. The second-order valence-electron chi connectivity index (χ2n) is 2.66. The normalized spacial score (nSPS) is 10.0. The number of nitrogens with zero attached hydrogens (tertiary/aromatic N) is 1. The molecule has 0 atom stereocenters. The summed E-state index contributed by atoms with van der Waals surface area (Å²) in [6.45, 7) is 3.10. The molecule has 1 heterocycles. The number of carbonyl (C=O) groups excluding carboxylic acids is 1. The van der Waals surface area contributed by atoms with E-state index in [2.05, 4.69) is 10.3 Å². The lowest BCUT2D eigenvalue weighted by Gasteiger charge is -2.01. The Hall–Kier alpha value is -0.940. The van der Waals surface area contributed by atoms with Crippen molar-refractivity contribution < 1.29 is 4.79 Å². The molecule has 0 aliphatic rings. The third-order valence-electron chi connectivity index (χ3n) is 1.63. The van der Waals surface area contributed by atoms with Gasteiger partial charge in [-0.2, -0.15) is 0 Å². The Bertz CT molecular complexity index is 285. The standard InChI is InChI=1S/C8H13N3OS/c1-6-7(11-5-13-6)8(12)10-4-2-3-9/h5H,2-4,9H2,1H3,(H,10,12). The van der Waals surface area contributed by atoms with Gasteiger partial charge in [0.1, 0.15) is 5.69 Å². The topological polar surface area (TPSA) is 68.0 Å². The number of carbonyl (C=O) groups is 1. The summed E-state index contributed by atoms with van der Waals surface area (Å²) in [6.07, 6.45) is 0.801. The maximum Gasteiger partial charge on any atom is 0.271 e. The van der Waals surface area contributed by atoms with Crippen LogP contribution >= 0.6 is 11.3 Å². The zero-order chi connectivity index (χ0) is 9.68. The Labute approximate surface area is 81.2 Å². The van der Waals surface area contributed by atoms with Gasteiger partial charge < -0.3 is 11.1 Å². The van der Waals surface area contributed by atoms with Gasteiger partial charge in [-0.1, -0.05) is 0 Å². The van der Waals surface area contributed by atoms with E-state index >= 15 is 0 Å². The van der Waals surface area contributed by atoms with Crippen LogP contribution in [-0.2, 0) is 0 Å². The Morgan fingerprint density at radius 3 is 3.08 bits per heavy atom. The average Bonchev–Trinajstić information content (AvgIpc) is 2.52. The van der Waals surface area contributed by atoms with Gasteiger partial charge in [-0.25, -0.2) is 4.98 Å². The van der Waals surface area contributed by atoms with Crippen molar-refractivity contribution in [2.75, 3.05) is 13.1 Å². The van der Waals surface area contributed by atoms with E-state index in [-0.39, 0.29) is 5.91 Å². The number of thiazole rings is 1. The van der Waals surface area contributed by atoms with Crippen molar-refractivity contribution in [3.63, 3.8) is 0 Å². The second kappa shape index (κ2) is 4.94. The van der Waals surface area contributed by atoms with Gasteiger partial charge >= 0.3 is 0 Å². The minimum Gasteiger partial charge on any atom is -0.351 e. The number of rotatable bonds is 4. The number of hydrogen-bond donors (Lipinski definition) is 2. The molecule has 0 fully saturated rings. The fourth-order valence-corrected chi connectivity index (χ4v) is 1.48. The van der Waals surface area contributed by atoms with Crippen LogP contribution in [-0.4, -0.2) is 24.0 Å². The molecule has 0 unspecified atom stereocenters. The lowest BCUT2D eigenvalue weighted by molar-refractivity contribution is 0.0948. The van der Waals surface area contributed by atoms with E-state index < -0.39 is 0 Å². The predicted octanol–water partition coefficient (Wildman–Crippen LogP) is 0.530. The highest BCUT2D eigenvalue weighted by atomic mass is 32.1. The highest BCUT2D eigenvalue weighted by Gasteiger charge is 2.10. The summed E-state index contributed by atoms with van der Waals surface area (Å²) in [5.41, 5.74) is 7.50. The van der Waals surface area contributed by atoms with Gasteiger partial charge in [0.25, 0.3) is 5.91 Å². The molecule has 0 bridgehead atoms. The van der Waals surface area contributed by atoms with Crippen LogP contribution in [0.4, 0.5) is 0 Å². The third kappa shape index (κ3) is 2.78. The molecule has 5 heteroatoms. The summed E-state index contributed by atoms with van der Waals surface area (Å²) < 4.78 is 0. The fraction of sp³-hybridized carbons (Fsp3) is 0.500. The molecular weight excluding hydrogens is 186 g/mol. The zero-order valence-electron chi connectivity index (χ0n) is 7.54. The van der Waals surface area contributed by atoms with Crippen LogP contribution < -0.4 is 11.1 Å². The lowest BCUT2D eigenvalue weighted by Crippen LogP contribution is -2.26. The Morgan fingerprint density at radius 1 is 1.77 bits per heavy atom. The first-order chi connectivity index (χ1) is 6.25. The first kappa shape index (κ1) is 10.1. The molecule has 4 nitrogen and oxygen atoms in total. The summed E-state index contributed by atoms with van der Waals surface area (Å²) >= 11 is 1.48. The summed E-state index contributed by atoms with van der Waals surface area (Å²) in [6, 6.07) is 0. The van der Waals surface area contributed by atoms with Gasteiger partial charge in [0.2, 0.25) is 0 Å². The highest BCUT2D eigenvalue weighted by Crippen LogP contribution is 2.10. The van der Waals surface area contributed by atoms with Crippen molar-refractivity contribution in [1.82, 2.24) is 10.3 Å². The first-order valence-electron chi connectivity index (χ1n) is 4.14. The van der Waals surface area contributed by atoms with E-state index in [1.165, 1.54) is 11.3 Å². The predicted molar refractivity (Wildman–Crippen MR) is 52.9 cm³/mol. The molecule has 1 rings (SSSR count). The number of aryl methyl sites for hydroxylation is 1. The molecule has 1 aromatic rings. The summed E-state index contributed by atoms with van der Waals surface area (Å²) in [4.78, 5) is 16.3. The maximum atomic E-state index is 11.4. The molecule has 0 aliphatic carbocycles. The van der Waals surface area contributed by atoms with Crippen molar-refractivity contribution in [3.8, 4) is 0 Å². The van der Waals surface area contributed by atoms with Crippen molar-refractivity contribution in [2.45, 2.75) is 13.3 Å². The smallest absolute Gasteiger partial charge is 0.271 e. The number of nitrogens with two attached hydrogens (primary N) is 1. The maximum absolute atomic E-state index is 11.4. The molecule has 0 spiro atoms.